The molecule has 0 aliphatic carbocycles. The van der Waals surface area contributed by atoms with Gasteiger partial charge in [-0.3, -0.25) is 0 Å². The lowest BCUT2D eigenvalue weighted by Crippen LogP contribution is -1.93. The van der Waals surface area contributed by atoms with Crippen LogP contribution in [0.4, 0.5) is 0 Å². The summed E-state index contributed by atoms with van der Waals surface area (Å²) < 4.78 is 5.05. The minimum Gasteiger partial charge on any atom is -0.497 e. The molecule has 0 heterocycles. The maximum atomic E-state index is 5.05. The van der Waals surface area contributed by atoms with E-state index in [1.807, 2.05) is 12.1 Å². The number of hydrogen-bond donors (Lipinski definition) is 0. The molecule has 0 fully saturated rings. The quantitative estimate of drug-likeness (QED) is 0.627. The van der Waals surface area contributed by atoms with Gasteiger partial charge in [-0.2, -0.15) is 0 Å². The third-order valence-electron chi connectivity index (χ3n) is 1.47. The van der Waals surface area contributed by atoms with Gasteiger partial charge in [0.15, 0.2) is 0 Å². The van der Waals surface area contributed by atoms with Crippen LogP contribution in [0.25, 0.3) is 0 Å². The standard InChI is InChI=1S/C9H13OP/c1-3-11-9-6-4-8(10-2)5-7-9/h4-7,11H,3H2,1-2H3. The molecule has 1 atom stereocenters. The van der Waals surface area contributed by atoms with Crippen LogP contribution in [0.15, 0.2) is 24.3 Å². The molecule has 0 N–H and O–H groups in total. The summed E-state index contributed by atoms with van der Waals surface area (Å²) in [6.07, 6.45) is 1.23. The Morgan fingerprint density at radius 3 is 2.36 bits per heavy atom. The highest BCUT2D eigenvalue weighted by Crippen LogP contribution is 2.12. The van der Waals surface area contributed by atoms with E-state index in [1.165, 1.54) is 11.5 Å². The molecule has 0 aromatic heterocycles. The van der Waals surface area contributed by atoms with Gasteiger partial charge < -0.3 is 4.74 Å². The van der Waals surface area contributed by atoms with E-state index < -0.39 is 0 Å². The zero-order valence-corrected chi connectivity index (χ0v) is 7.92. The average Bonchev–Trinajstić information content (AvgIpc) is 2.07. The van der Waals surface area contributed by atoms with Crippen molar-refractivity contribution in [2.75, 3.05) is 13.3 Å². The van der Waals surface area contributed by atoms with Crippen molar-refractivity contribution >= 4 is 13.9 Å². The molecule has 1 aromatic carbocycles. The molecule has 0 aliphatic rings. The molecule has 0 saturated heterocycles. The first-order valence-corrected chi connectivity index (χ1v) is 4.95. The lowest BCUT2D eigenvalue weighted by molar-refractivity contribution is 0.415. The lowest BCUT2D eigenvalue weighted by Gasteiger charge is -2.00. The van der Waals surface area contributed by atoms with E-state index in [-0.39, 0.29) is 0 Å². The van der Waals surface area contributed by atoms with E-state index in [0.29, 0.717) is 0 Å². The van der Waals surface area contributed by atoms with Crippen molar-refractivity contribution in [2.45, 2.75) is 6.92 Å². The maximum absolute atomic E-state index is 5.05. The minimum absolute atomic E-state index is 0.929. The first kappa shape index (κ1) is 8.55. The first-order valence-electron chi connectivity index (χ1n) is 3.74. The van der Waals surface area contributed by atoms with E-state index >= 15 is 0 Å². The summed E-state index contributed by atoms with van der Waals surface area (Å²) in [4.78, 5) is 0. The smallest absolute Gasteiger partial charge is 0.118 e. The van der Waals surface area contributed by atoms with E-state index in [9.17, 15) is 0 Å². The third-order valence-corrected chi connectivity index (χ3v) is 2.57. The second-order valence-electron chi connectivity index (χ2n) is 2.26. The fourth-order valence-corrected chi connectivity index (χ4v) is 1.72. The van der Waals surface area contributed by atoms with E-state index in [4.69, 9.17) is 4.74 Å². The van der Waals surface area contributed by atoms with Crippen molar-refractivity contribution in [3.05, 3.63) is 24.3 Å². The Balaban J connectivity index is 2.66. The van der Waals surface area contributed by atoms with Crippen molar-refractivity contribution in [1.29, 1.82) is 0 Å². The van der Waals surface area contributed by atoms with Crippen LogP contribution in [0.2, 0.25) is 0 Å². The molecule has 0 radical (unpaired) electrons. The Morgan fingerprint density at radius 1 is 1.27 bits per heavy atom. The van der Waals surface area contributed by atoms with Crippen LogP contribution in [0.1, 0.15) is 6.92 Å². The molecular weight excluding hydrogens is 155 g/mol. The topological polar surface area (TPSA) is 9.23 Å². The van der Waals surface area contributed by atoms with Gasteiger partial charge in [0.1, 0.15) is 5.75 Å². The van der Waals surface area contributed by atoms with E-state index in [2.05, 4.69) is 19.1 Å². The molecular formula is C9H13OP. The summed E-state index contributed by atoms with van der Waals surface area (Å²) in [6.45, 7) is 2.20. The maximum Gasteiger partial charge on any atom is 0.118 e. The van der Waals surface area contributed by atoms with E-state index in [0.717, 1.165) is 14.3 Å². The summed E-state index contributed by atoms with van der Waals surface area (Å²) in [6, 6.07) is 8.28. The van der Waals surface area contributed by atoms with Gasteiger partial charge in [-0.15, -0.1) is 0 Å². The van der Waals surface area contributed by atoms with Gasteiger partial charge in [0.2, 0.25) is 0 Å². The minimum atomic E-state index is 0.929. The molecule has 1 unspecified atom stereocenters. The summed E-state index contributed by atoms with van der Waals surface area (Å²) in [5.41, 5.74) is 0. The van der Waals surface area contributed by atoms with Gasteiger partial charge in [0.05, 0.1) is 7.11 Å². The largest absolute Gasteiger partial charge is 0.497 e. The fourth-order valence-electron chi connectivity index (χ4n) is 0.913. The molecule has 0 amide bonds. The Morgan fingerprint density at radius 2 is 1.91 bits per heavy atom. The van der Waals surface area contributed by atoms with Crippen molar-refractivity contribution in [3.8, 4) is 5.75 Å². The van der Waals surface area contributed by atoms with Crippen LogP contribution in [-0.2, 0) is 0 Å². The van der Waals surface area contributed by atoms with Gasteiger partial charge in [-0.25, -0.2) is 0 Å². The first-order chi connectivity index (χ1) is 5.36. The van der Waals surface area contributed by atoms with Crippen LogP contribution in [0, 0.1) is 0 Å². The molecule has 11 heavy (non-hydrogen) atoms. The third kappa shape index (κ3) is 2.51. The normalized spacial score (nSPS) is 10.7. The summed E-state index contributed by atoms with van der Waals surface area (Å²) in [7, 11) is 2.62. The Kier molecular flexibility index (Phi) is 3.38. The van der Waals surface area contributed by atoms with Crippen LogP contribution in [-0.4, -0.2) is 13.3 Å². The highest BCUT2D eigenvalue weighted by Gasteiger charge is 1.91. The number of benzene rings is 1. The second-order valence-corrected chi connectivity index (χ2v) is 3.90. The predicted molar refractivity (Wildman–Crippen MR) is 51.5 cm³/mol. The molecule has 0 spiro atoms. The van der Waals surface area contributed by atoms with Gasteiger partial charge in [0, 0.05) is 0 Å². The van der Waals surface area contributed by atoms with Gasteiger partial charge in [-0.05, 0) is 23.6 Å². The molecule has 2 heteroatoms. The monoisotopic (exact) mass is 168 g/mol. The molecule has 1 aromatic rings. The molecule has 0 aliphatic heterocycles. The van der Waals surface area contributed by atoms with E-state index in [1.54, 1.807) is 7.11 Å². The van der Waals surface area contributed by atoms with Gasteiger partial charge in [0.25, 0.3) is 0 Å². The SMILES string of the molecule is CCPc1ccc(OC)cc1. The highest BCUT2D eigenvalue weighted by molar-refractivity contribution is 7.47. The van der Waals surface area contributed by atoms with Crippen LogP contribution in [0.3, 0.4) is 0 Å². The molecule has 0 saturated carbocycles. The number of hydrogen-bond acceptors (Lipinski definition) is 1. The van der Waals surface area contributed by atoms with Crippen molar-refractivity contribution in [3.63, 3.8) is 0 Å². The van der Waals surface area contributed by atoms with Gasteiger partial charge >= 0.3 is 0 Å². The van der Waals surface area contributed by atoms with Crippen molar-refractivity contribution < 1.29 is 4.74 Å². The zero-order valence-electron chi connectivity index (χ0n) is 6.92. The predicted octanol–water partition coefficient (Wildman–Crippen LogP) is 2.02. The summed E-state index contributed by atoms with van der Waals surface area (Å²) >= 11 is 0. The lowest BCUT2D eigenvalue weighted by atomic mass is 10.3. The van der Waals surface area contributed by atoms with Crippen LogP contribution < -0.4 is 10.0 Å². The average molecular weight is 168 g/mol. The fraction of sp³-hybridized carbons (Fsp3) is 0.333. The number of methoxy groups -OCH3 is 1. The van der Waals surface area contributed by atoms with Gasteiger partial charge in [-0.1, -0.05) is 27.6 Å². The van der Waals surface area contributed by atoms with Crippen molar-refractivity contribution in [2.24, 2.45) is 0 Å². The highest BCUT2D eigenvalue weighted by atomic mass is 31.1. The second kappa shape index (κ2) is 4.35. The summed E-state index contributed by atoms with van der Waals surface area (Å²) in [5, 5.41) is 1.41. The van der Waals surface area contributed by atoms with Crippen molar-refractivity contribution in [1.82, 2.24) is 0 Å². The van der Waals surface area contributed by atoms with Crippen LogP contribution >= 0.6 is 8.58 Å². The van der Waals surface area contributed by atoms with Crippen LogP contribution in [0.5, 0.6) is 5.75 Å². The number of ether oxygens (including phenoxy) is 1. The number of rotatable bonds is 3. The molecule has 1 nitrogen and oxygen atoms in total. The Bertz CT molecular complexity index is 205. The molecule has 0 bridgehead atoms. The summed E-state index contributed by atoms with van der Waals surface area (Å²) in [5.74, 6) is 0.939. The Hall–Kier alpha value is -0.550. The molecule has 60 valence electrons. The Labute approximate surface area is 69.6 Å². The zero-order chi connectivity index (χ0) is 8.10. The molecule has 1 rings (SSSR count).